The number of anilines is 4. The van der Waals surface area contributed by atoms with Crippen LogP contribution in [0.1, 0.15) is 11.1 Å². The van der Waals surface area contributed by atoms with Gasteiger partial charge in [0, 0.05) is 33.9 Å². The molecule has 138 valence electrons. The number of aryl methyl sites for hydroxylation is 2. The third-order valence-electron chi connectivity index (χ3n) is 4.97. The van der Waals surface area contributed by atoms with Gasteiger partial charge in [-0.2, -0.15) is 0 Å². The van der Waals surface area contributed by atoms with Gasteiger partial charge < -0.3 is 10.6 Å². The van der Waals surface area contributed by atoms with Gasteiger partial charge >= 0.3 is 0 Å². The van der Waals surface area contributed by atoms with Crippen LogP contribution < -0.4 is 10.6 Å². The number of hydrogen-bond donors (Lipinski definition) is 2. The zero-order valence-electron chi connectivity index (χ0n) is 16.2. The van der Waals surface area contributed by atoms with Crippen molar-refractivity contribution in [1.29, 1.82) is 0 Å². The van der Waals surface area contributed by atoms with Crippen LogP contribution in [0.2, 0.25) is 0 Å². The predicted molar refractivity (Wildman–Crippen MR) is 121 cm³/mol. The first-order valence-corrected chi connectivity index (χ1v) is 9.56. The van der Waals surface area contributed by atoms with E-state index in [1.807, 2.05) is 0 Å². The van der Waals surface area contributed by atoms with Crippen LogP contribution in [0.4, 0.5) is 22.7 Å². The molecule has 0 aliphatic heterocycles. The van der Waals surface area contributed by atoms with Crippen LogP contribution in [-0.2, 0) is 0 Å². The molecule has 2 heteroatoms. The molecule has 0 aliphatic carbocycles. The van der Waals surface area contributed by atoms with Crippen molar-refractivity contribution in [2.45, 2.75) is 13.8 Å². The fourth-order valence-corrected chi connectivity index (χ4v) is 3.37. The molecule has 0 bridgehead atoms. The fraction of sp³-hybridized carbons (Fsp3) is 0.0769. The molecule has 0 aliphatic rings. The lowest BCUT2D eigenvalue weighted by Gasteiger charge is -2.18. The van der Waals surface area contributed by atoms with Gasteiger partial charge in [-0.3, -0.25) is 0 Å². The van der Waals surface area contributed by atoms with Crippen LogP contribution in [0.3, 0.4) is 0 Å². The van der Waals surface area contributed by atoms with Crippen molar-refractivity contribution in [3.05, 3.63) is 108 Å². The summed E-state index contributed by atoms with van der Waals surface area (Å²) in [6.07, 6.45) is 0. The Morgan fingerprint density at radius 1 is 0.393 bits per heavy atom. The molecule has 28 heavy (non-hydrogen) atoms. The zero-order chi connectivity index (χ0) is 19.3. The predicted octanol–water partition coefficient (Wildman–Crippen LogP) is 7.46. The highest BCUT2D eigenvalue weighted by Gasteiger charge is 2.11. The maximum atomic E-state index is 3.61. The van der Waals surface area contributed by atoms with E-state index in [1.165, 1.54) is 22.3 Å². The van der Waals surface area contributed by atoms with E-state index in [-0.39, 0.29) is 0 Å². The van der Waals surface area contributed by atoms with Gasteiger partial charge in [-0.25, -0.2) is 0 Å². The number of hydrogen-bond acceptors (Lipinski definition) is 2. The summed E-state index contributed by atoms with van der Waals surface area (Å²) in [4.78, 5) is 0. The first-order chi connectivity index (χ1) is 13.7. The smallest absolute Gasteiger partial charge is 0.0464 e. The van der Waals surface area contributed by atoms with E-state index in [9.17, 15) is 0 Å². The van der Waals surface area contributed by atoms with Gasteiger partial charge in [0.15, 0.2) is 0 Å². The van der Waals surface area contributed by atoms with Crippen LogP contribution in [0.25, 0.3) is 11.1 Å². The summed E-state index contributed by atoms with van der Waals surface area (Å²) in [5.74, 6) is 0. The average molecular weight is 364 g/mol. The van der Waals surface area contributed by atoms with E-state index in [2.05, 4.69) is 122 Å². The van der Waals surface area contributed by atoms with Crippen molar-refractivity contribution in [2.24, 2.45) is 0 Å². The number of para-hydroxylation sites is 4. The van der Waals surface area contributed by atoms with Crippen molar-refractivity contribution in [2.75, 3.05) is 10.6 Å². The first-order valence-electron chi connectivity index (χ1n) is 9.56. The molecule has 0 aromatic heterocycles. The molecule has 2 nitrogen and oxygen atoms in total. The van der Waals surface area contributed by atoms with Crippen molar-refractivity contribution in [3.8, 4) is 11.1 Å². The normalized spacial score (nSPS) is 10.5. The quantitative estimate of drug-likeness (QED) is 0.384. The lowest BCUT2D eigenvalue weighted by Crippen LogP contribution is -1.98. The summed E-state index contributed by atoms with van der Waals surface area (Å²) in [6.45, 7) is 4.25. The topological polar surface area (TPSA) is 24.1 Å². The molecule has 4 rings (SSSR count). The molecule has 0 saturated heterocycles. The molecular formula is C26H24N2. The summed E-state index contributed by atoms with van der Waals surface area (Å²) in [6, 6.07) is 33.6. The SMILES string of the molecule is Cc1ccccc1Nc1ccccc1-c1ccccc1Nc1ccccc1C. The van der Waals surface area contributed by atoms with Gasteiger partial charge in [-0.1, -0.05) is 72.8 Å². The summed E-state index contributed by atoms with van der Waals surface area (Å²) in [5.41, 5.74) is 9.22. The van der Waals surface area contributed by atoms with Crippen molar-refractivity contribution in [3.63, 3.8) is 0 Å². The summed E-state index contributed by atoms with van der Waals surface area (Å²) >= 11 is 0. The fourth-order valence-electron chi connectivity index (χ4n) is 3.37. The van der Waals surface area contributed by atoms with Crippen molar-refractivity contribution >= 4 is 22.7 Å². The second-order valence-electron chi connectivity index (χ2n) is 6.97. The van der Waals surface area contributed by atoms with Gasteiger partial charge in [-0.05, 0) is 49.2 Å². The molecule has 0 radical (unpaired) electrons. The number of benzene rings is 4. The Hall–Kier alpha value is -3.52. The van der Waals surface area contributed by atoms with Gasteiger partial charge in [0.1, 0.15) is 0 Å². The zero-order valence-corrected chi connectivity index (χ0v) is 16.2. The van der Waals surface area contributed by atoms with E-state index < -0.39 is 0 Å². The summed E-state index contributed by atoms with van der Waals surface area (Å²) < 4.78 is 0. The highest BCUT2D eigenvalue weighted by Crippen LogP contribution is 2.37. The van der Waals surface area contributed by atoms with Gasteiger partial charge in [0.2, 0.25) is 0 Å². The highest BCUT2D eigenvalue weighted by molar-refractivity contribution is 5.89. The molecule has 0 fully saturated rings. The Kier molecular flexibility index (Phi) is 5.11. The largest absolute Gasteiger partial charge is 0.355 e. The molecule has 0 saturated carbocycles. The molecule has 2 N–H and O–H groups in total. The Morgan fingerprint density at radius 2 is 0.714 bits per heavy atom. The van der Waals surface area contributed by atoms with Gasteiger partial charge in [0.05, 0.1) is 0 Å². The van der Waals surface area contributed by atoms with Crippen LogP contribution in [0.5, 0.6) is 0 Å². The number of rotatable bonds is 5. The van der Waals surface area contributed by atoms with Crippen LogP contribution in [0, 0.1) is 13.8 Å². The van der Waals surface area contributed by atoms with E-state index in [0.717, 1.165) is 22.7 Å². The maximum Gasteiger partial charge on any atom is 0.0464 e. The maximum absolute atomic E-state index is 3.61. The minimum atomic E-state index is 1.09. The van der Waals surface area contributed by atoms with Crippen LogP contribution in [-0.4, -0.2) is 0 Å². The van der Waals surface area contributed by atoms with Crippen LogP contribution >= 0.6 is 0 Å². The lowest BCUT2D eigenvalue weighted by molar-refractivity contribution is 1.42. The second-order valence-corrected chi connectivity index (χ2v) is 6.97. The monoisotopic (exact) mass is 364 g/mol. The third kappa shape index (κ3) is 3.77. The van der Waals surface area contributed by atoms with Gasteiger partial charge in [0.25, 0.3) is 0 Å². The molecule has 0 spiro atoms. The van der Waals surface area contributed by atoms with Gasteiger partial charge in [-0.15, -0.1) is 0 Å². The Bertz CT molecular complexity index is 1010. The molecule has 4 aromatic rings. The highest BCUT2D eigenvalue weighted by atomic mass is 14.9. The Labute approximate surface area is 166 Å². The minimum Gasteiger partial charge on any atom is -0.355 e. The van der Waals surface area contributed by atoms with E-state index >= 15 is 0 Å². The van der Waals surface area contributed by atoms with E-state index in [4.69, 9.17) is 0 Å². The van der Waals surface area contributed by atoms with E-state index in [0.29, 0.717) is 0 Å². The molecule has 4 aromatic carbocycles. The second kappa shape index (κ2) is 8.01. The minimum absolute atomic E-state index is 1.09. The molecule has 0 amide bonds. The average Bonchev–Trinajstić information content (AvgIpc) is 2.72. The summed E-state index contributed by atoms with van der Waals surface area (Å²) in [5, 5.41) is 7.23. The molecule has 0 heterocycles. The van der Waals surface area contributed by atoms with Crippen molar-refractivity contribution < 1.29 is 0 Å². The number of nitrogens with one attached hydrogen (secondary N) is 2. The standard InChI is InChI=1S/C26H24N2/c1-19-11-3-7-15-23(19)27-25-17-9-5-13-21(25)22-14-6-10-18-26(22)28-24-16-8-4-12-20(24)2/h3-18,27-28H,1-2H3. The Morgan fingerprint density at radius 3 is 1.11 bits per heavy atom. The molecular weight excluding hydrogens is 340 g/mol. The Balaban J connectivity index is 1.75. The third-order valence-corrected chi connectivity index (χ3v) is 4.97. The van der Waals surface area contributed by atoms with E-state index in [1.54, 1.807) is 0 Å². The van der Waals surface area contributed by atoms with Crippen molar-refractivity contribution in [1.82, 2.24) is 0 Å². The summed E-state index contributed by atoms with van der Waals surface area (Å²) in [7, 11) is 0. The molecule has 0 unspecified atom stereocenters. The lowest BCUT2D eigenvalue weighted by atomic mass is 10.0. The molecule has 0 atom stereocenters. The first kappa shape index (κ1) is 17.9. The van der Waals surface area contributed by atoms with Crippen LogP contribution in [0.15, 0.2) is 97.1 Å².